The number of amides is 1. The van der Waals surface area contributed by atoms with E-state index in [1.165, 1.54) is 39.3 Å². The molecule has 0 aliphatic heterocycles. The van der Waals surface area contributed by atoms with E-state index in [0.717, 1.165) is 0 Å². The summed E-state index contributed by atoms with van der Waals surface area (Å²) in [5, 5.41) is 2.37. The van der Waals surface area contributed by atoms with Crippen molar-refractivity contribution in [2.75, 3.05) is 18.9 Å². The molecule has 2 N–H and O–H groups in total. The van der Waals surface area contributed by atoms with Crippen molar-refractivity contribution < 1.29 is 27.5 Å². The largest absolute Gasteiger partial charge is 0.497 e. The summed E-state index contributed by atoms with van der Waals surface area (Å²) >= 11 is 0. The third kappa shape index (κ3) is 5.01. The lowest BCUT2D eigenvalue weighted by molar-refractivity contribution is -0.128. The van der Waals surface area contributed by atoms with Gasteiger partial charge in [-0.1, -0.05) is 6.07 Å². The van der Waals surface area contributed by atoms with Crippen molar-refractivity contribution in [3.63, 3.8) is 0 Å². The molecular weight excluding hydrogens is 384 g/mol. The van der Waals surface area contributed by atoms with Crippen LogP contribution in [0.2, 0.25) is 0 Å². The monoisotopic (exact) mass is 406 g/mol. The first kappa shape index (κ1) is 21.2. The quantitative estimate of drug-likeness (QED) is 0.681. The number of hydrogen-bond donors (Lipinski definition) is 2. The van der Waals surface area contributed by atoms with Crippen LogP contribution in [0.5, 0.6) is 5.75 Å². The van der Waals surface area contributed by atoms with E-state index in [9.17, 15) is 18.0 Å². The van der Waals surface area contributed by atoms with E-state index in [1.54, 1.807) is 31.2 Å². The molecule has 0 aliphatic rings. The molecule has 0 saturated carbocycles. The predicted molar refractivity (Wildman–Crippen MR) is 104 cm³/mol. The van der Waals surface area contributed by atoms with E-state index >= 15 is 0 Å². The minimum atomic E-state index is -3.95. The second kappa shape index (κ2) is 8.75. The van der Waals surface area contributed by atoms with Gasteiger partial charge in [-0.2, -0.15) is 0 Å². The molecule has 0 heterocycles. The number of sulfonamides is 1. The van der Waals surface area contributed by atoms with Crippen molar-refractivity contribution in [3.05, 3.63) is 53.6 Å². The van der Waals surface area contributed by atoms with E-state index in [0.29, 0.717) is 17.0 Å². The van der Waals surface area contributed by atoms with Crippen LogP contribution >= 0.6 is 0 Å². The fourth-order valence-electron chi connectivity index (χ4n) is 2.37. The number of carbonyl (C=O) groups excluding carboxylic acids is 2. The minimum absolute atomic E-state index is 0.0245. The fourth-order valence-corrected chi connectivity index (χ4v) is 3.70. The number of anilines is 1. The fraction of sp³-hybridized carbons (Fsp3) is 0.263. The van der Waals surface area contributed by atoms with Crippen LogP contribution in [0.3, 0.4) is 0 Å². The van der Waals surface area contributed by atoms with Crippen molar-refractivity contribution in [1.29, 1.82) is 0 Å². The Morgan fingerprint density at radius 1 is 1.07 bits per heavy atom. The summed E-state index contributed by atoms with van der Waals surface area (Å²) in [6, 6.07) is 10.5. The molecule has 1 atom stereocenters. The number of nitrogens with one attached hydrogen (secondary N) is 2. The Morgan fingerprint density at radius 2 is 1.71 bits per heavy atom. The van der Waals surface area contributed by atoms with Crippen molar-refractivity contribution in [2.24, 2.45) is 0 Å². The number of likely N-dealkylation sites (N-methyl/N-ethyl adjacent to an activating group) is 1. The van der Waals surface area contributed by atoms with Crippen LogP contribution < -0.4 is 14.8 Å². The Balaban J connectivity index is 2.27. The molecule has 0 saturated heterocycles. The van der Waals surface area contributed by atoms with Gasteiger partial charge in [-0.3, -0.25) is 9.52 Å². The molecule has 0 unspecified atom stereocenters. The summed E-state index contributed by atoms with van der Waals surface area (Å²) in [7, 11) is -1.01. The zero-order valence-corrected chi connectivity index (χ0v) is 16.8. The van der Waals surface area contributed by atoms with Crippen LogP contribution in [0.4, 0.5) is 5.69 Å². The van der Waals surface area contributed by atoms with Gasteiger partial charge < -0.3 is 14.8 Å². The van der Waals surface area contributed by atoms with E-state index < -0.39 is 28.0 Å². The molecular formula is C19H22N2O6S. The number of rotatable bonds is 7. The summed E-state index contributed by atoms with van der Waals surface area (Å²) in [4.78, 5) is 23.7. The molecule has 150 valence electrons. The number of esters is 1. The first-order valence-electron chi connectivity index (χ1n) is 8.38. The van der Waals surface area contributed by atoms with Gasteiger partial charge in [0, 0.05) is 12.7 Å². The number of ether oxygens (including phenoxy) is 2. The first-order chi connectivity index (χ1) is 13.2. The van der Waals surface area contributed by atoms with E-state index in [4.69, 9.17) is 9.47 Å². The molecule has 0 spiro atoms. The third-order valence-electron chi connectivity index (χ3n) is 3.96. The predicted octanol–water partition coefficient (Wildman–Crippen LogP) is 2.10. The molecule has 0 bridgehead atoms. The Morgan fingerprint density at radius 3 is 2.29 bits per heavy atom. The summed E-state index contributed by atoms with van der Waals surface area (Å²) in [5.74, 6) is -0.666. The van der Waals surface area contributed by atoms with Gasteiger partial charge in [-0.25, -0.2) is 13.2 Å². The van der Waals surface area contributed by atoms with Crippen LogP contribution in [0.1, 0.15) is 22.8 Å². The minimum Gasteiger partial charge on any atom is -0.497 e. The zero-order valence-electron chi connectivity index (χ0n) is 16.0. The molecule has 8 nitrogen and oxygen atoms in total. The van der Waals surface area contributed by atoms with Gasteiger partial charge in [0.25, 0.3) is 15.9 Å². The standard InChI is InChI=1S/C19H22N2O6S/c1-12-5-6-14(19(23)27-13(2)18(22)20-3)11-17(12)28(24,25)21-15-7-9-16(26-4)10-8-15/h5-11,13,21H,1-4H3,(H,20,22)/t13-/m1/s1. The van der Waals surface area contributed by atoms with Crippen LogP contribution in [-0.2, 0) is 19.6 Å². The van der Waals surface area contributed by atoms with E-state index in [1.807, 2.05) is 0 Å². The smallest absolute Gasteiger partial charge is 0.338 e. The number of benzene rings is 2. The number of aryl methyl sites for hydroxylation is 1. The highest BCUT2D eigenvalue weighted by atomic mass is 32.2. The van der Waals surface area contributed by atoms with Gasteiger partial charge in [-0.05, 0) is 55.8 Å². The van der Waals surface area contributed by atoms with E-state index in [-0.39, 0.29) is 10.5 Å². The molecule has 2 aromatic rings. The van der Waals surface area contributed by atoms with E-state index in [2.05, 4.69) is 10.0 Å². The number of carbonyl (C=O) groups is 2. The Labute approximate surface area is 163 Å². The molecule has 0 aliphatic carbocycles. The summed E-state index contributed by atoms with van der Waals surface area (Å²) in [6.45, 7) is 3.04. The summed E-state index contributed by atoms with van der Waals surface area (Å²) in [5.41, 5.74) is 0.829. The highest BCUT2D eigenvalue weighted by Gasteiger charge is 2.22. The van der Waals surface area contributed by atoms with Gasteiger partial charge in [0.15, 0.2) is 6.10 Å². The maximum absolute atomic E-state index is 12.8. The maximum atomic E-state index is 12.8. The second-order valence-corrected chi connectivity index (χ2v) is 7.63. The van der Waals surface area contributed by atoms with Crippen LogP contribution in [0.25, 0.3) is 0 Å². The second-order valence-electron chi connectivity index (χ2n) is 5.98. The van der Waals surface area contributed by atoms with Gasteiger partial charge in [0.2, 0.25) is 0 Å². The third-order valence-corrected chi connectivity index (χ3v) is 5.48. The van der Waals surface area contributed by atoms with Crippen LogP contribution in [0.15, 0.2) is 47.4 Å². The first-order valence-corrected chi connectivity index (χ1v) is 9.86. The SMILES string of the molecule is CNC(=O)[C@@H](C)OC(=O)c1ccc(C)c(S(=O)(=O)Nc2ccc(OC)cc2)c1. The molecule has 0 aromatic heterocycles. The molecule has 0 radical (unpaired) electrons. The van der Waals surface area contributed by atoms with Crippen molar-refractivity contribution in [2.45, 2.75) is 24.8 Å². The summed E-state index contributed by atoms with van der Waals surface area (Å²) < 4.78 is 38.1. The maximum Gasteiger partial charge on any atom is 0.338 e. The Hall–Kier alpha value is -3.07. The van der Waals surface area contributed by atoms with Crippen LogP contribution in [0, 0.1) is 6.92 Å². The molecule has 1 amide bonds. The van der Waals surface area contributed by atoms with Gasteiger partial charge in [0.05, 0.1) is 17.6 Å². The van der Waals surface area contributed by atoms with Crippen molar-refractivity contribution in [1.82, 2.24) is 5.32 Å². The number of hydrogen-bond acceptors (Lipinski definition) is 6. The molecule has 9 heteroatoms. The molecule has 28 heavy (non-hydrogen) atoms. The highest BCUT2D eigenvalue weighted by molar-refractivity contribution is 7.92. The lowest BCUT2D eigenvalue weighted by atomic mass is 10.1. The van der Waals surface area contributed by atoms with Gasteiger partial charge in [-0.15, -0.1) is 0 Å². The highest BCUT2D eigenvalue weighted by Crippen LogP contribution is 2.23. The van der Waals surface area contributed by atoms with Crippen LogP contribution in [-0.4, -0.2) is 40.6 Å². The van der Waals surface area contributed by atoms with Gasteiger partial charge >= 0.3 is 5.97 Å². The zero-order chi connectivity index (χ0) is 20.9. The lowest BCUT2D eigenvalue weighted by Gasteiger charge is -2.14. The Kier molecular flexibility index (Phi) is 6.63. The topological polar surface area (TPSA) is 111 Å². The van der Waals surface area contributed by atoms with Gasteiger partial charge in [0.1, 0.15) is 5.75 Å². The summed E-state index contributed by atoms with van der Waals surface area (Å²) in [6.07, 6.45) is -1.00. The average Bonchev–Trinajstić information content (AvgIpc) is 2.67. The lowest BCUT2D eigenvalue weighted by Crippen LogP contribution is -2.33. The van der Waals surface area contributed by atoms with Crippen molar-refractivity contribution in [3.8, 4) is 5.75 Å². The average molecular weight is 406 g/mol. The normalized spacial score (nSPS) is 12.0. The molecule has 0 fully saturated rings. The molecule has 2 rings (SSSR count). The number of methoxy groups -OCH3 is 1. The Bertz CT molecular complexity index is 970. The van der Waals surface area contributed by atoms with Crippen molar-refractivity contribution >= 4 is 27.6 Å². The molecule has 2 aromatic carbocycles.